The Labute approximate surface area is 182 Å². The van der Waals surface area contributed by atoms with Crippen LogP contribution < -0.4 is 10.2 Å². The third-order valence-corrected chi connectivity index (χ3v) is 4.93. The highest BCUT2D eigenvalue weighted by Crippen LogP contribution is 2.19. The van der Waals surface area contributed by atoms with Crippen LogP contribution in [0.5, 0.6) is 5.75 Å². The Hall–Kier alpha value is -2.97. The number of hydrogen-bond acceptors (Lipinski definition) is 7. The molecule has 156 valence electrons. The van der Waals surface area contributed by atoms with Crippen molar-refractivity contribution < 1.29 is 18.7 Å². The van der Waals surface area contributed by atoms with Crippen molar-refractivity contribution >= 4 is 40.3 Å². The number of carbonyl (C=O) groups is 1. The third-order valence-electron chi connectivity index (χ3n) is 3.83. The minimum absolute atomic E-state index is 0.0870. The maximum Gasteiger partial charge on any atom is 0.311 e. The molecule has 0 bridgehead atoms. The normalized spacial score (nSPS) is 10.9. The van der Waals surface area contributed by atoms with E-state index in [2.05, 4.69) is 15.5 Å². The predicted molar refractivity (Wildman–Crippen MR) is 116 cm³/mol. The molecule has 0 radical (unpaired) electrons. The molecule has 0 spiro atoms. The Morgan fingerprint density at radius 2 is 2.10 bits per heavy atom. The van der Waals surface area contributed by atoms with Gasteiger partial charge in [-0.05, 0) is 54.4 Å². The Kier molecular flexibility index (Phi) is 7.75. The van der Waals surface area contributed by atoms with Gasteiger partial charge in [-0.25, -0.2) is 9.37 Å². The van der Waals surface area contributed by atoms with Crippen molar-refractivity contribution in [3.8, 4) is 5.75 Å². The summed E-state index contributed by atoms with van der Waals surface area (Å²) < 4.78 is 24.0. The summed E-state index contributed by atoms with van der Waals surface area (Å²) in [6.07, 6.45) is 1.78. The number of halogens is 2. The zero-order valence-corrected chi connectivity index (χ0v) is 17.7. The van der Waals surface area contributed by atoms with Crippen molar-refractivity contribution in [2.45, 2.75) is 20.0 Å². The molecule has 30 heavy (non-hydrogen) atoms. The quantitative estimate of drug-likeness (QED) is 0.282. The maximum absolute atomic E-state index is 13.5. The lowest BCUT2D eigenvalue weighted by atomic mass is 10.2. The number of benzene rings is 2. The lowest BCUT2D eigenvalue weighted by Gasteiger charge is -2.07. The first-order valence-electron chi connectivity index (χ1n) is 9.09. The standard InChI is InChI=1S/C21H19ClFN3O3S/c1-2-28-20(27)10-16-13-30-21(25-16)26-24-11-14-3-6-17(7-4-14)29-12-15-5-8-18(22)19(23)9-15/h3-9,11,13H,2,10,12H2,1H3,(H,25,26). The molecular formula is C21H19ClFN3O3S. The van der Waals surface area contributed by atoms with Crippen LogP contribution in [0.2, 0.25) is 5.02 Å². The van der Waals surface area contributed by atoms with Crippen molar-refractivity contribution in [2.24, 2.45) is 5.10 Å². The molecule has 9 heteroatoms. The van der Waals surface area contributed by atoms with Crippen LogP contribution in [-0.4, -0.2) is 23.8 Å². The summed E-state index contributed by atoms with van der Waals surface area (Å²) in [6.45, 7) is 2.35. The molecule has 1 aromatic heterocycles. The van der Waals surface area contributed by atoms with E-state index in [9.17, 15) is 9.18 Å². The third kappa shape index (κ3) is 6.53. The second-order valence-corrected chi connectivity index (χ2v) is 7.37. The molecule has 0 aliphatic heterocycles. The number of thiazole rings is 1. The number of hydrazone groups is 1. The lowest BCUT2D eigenvalue weighted by molar-refractivity contribution is -0.142. The highest BCUT2D eigenvalue weighted by Gasteiger charge is 2.08. The molecule has 0 unspecified atom stereocenters. The molecule has 1 N–H and O–H groups in total. The van der Waals surface area contributed by atoms with Crippen LogP contribution in [-0.2, 0) is 22.6 Å². The van der Waals surface area contributed by atoms with E-state index in [1.807, 2.05) is 12.1 Å². The van der Waals surface area contributed by atoms with E-state index in [1.54, 1.807) is 36.7 Å². The molecule has 0 aliphatic rings. The number of nitrogens with one attached hydrogen (secondary N) is 1. The first-order valence-corrected chi connectivity index (χ1v) is 10.3. The van der Waals surface area contributed by atoms with Gasteiger partial charge in [0.1, 0.15) is 18.2 Å². The average Bonchev–Trinajstić information content (AvgIpc) is 3.17. The van der Waals surface area contributed by atoms with Crippen LogP contribution in [0.25, 0.3) is 0 Å². The first-order chi connectivity index (χ1) is 14.5. The van der Waals surface area contributed by atoms with Gasteiger partial charge in [0.2, 0.25) is 5.13 Å². The van der Waals surface area contributed by atoms with E-state index in [0.29, 0.717) is 28.7 Å². The van der Waals surface area contributed by atoms with Gasteiger partial charge in [0, 0.05) is 5.38 Å². The molecule has 0 atom stereocenters. The largest absolute Gasteiger partial charge is 0.489 e. The highest BCUT2D eigenvalue weighted by molar-refractivity contribution is 7.13. The van der Waals surface area contributed by atoms with E-state index in [1.165, 1.54) is 23.5 Å². The van der Waals surface area contributed by atoms with E-state index in [-0.39, 0.29) is 24.0 Å². The van der Waals surface area contributed by atoms with Crippen LogP contribution >= 0.6 is 22.9 Å². The highest BCUT2D eigenvalue weighted by atomic mass is 35.5. The Morgan fingerprint density at radius 3 is 2.83 bits per heavy atom. The number of anilines is 1. The summed E-state index contributed by atoms with van der Waals surface area (Å²) in [5.41, 5.74) is 5.02. The zero-order chi connectivity index (χ0) is 21.3. The number of aromatic nitrogens is 1. The number of nitrogens with zero attached hydrogens (tertiary/aromatic N) is 2. The predicted octanol–water partition coefficient (Wildman–Crippen LogP) is 5.07. The summed E-state index contributed by atoms with van der Waals surface area (Å²) in [5, 5.41) is 6.60. The minimum atomic E-state index is -0.468. The Balaban J connectivity index is 1.48. The molecule has 0 fully saturated rings. The van der Waals surface area contributed by atoms with Crippen molar-refractivity contribution in [1.29, 1.82) is 0 Å². The van der Waals surface area contributed by atoms with Crippen molar-refractivity contribution in [3.63, 3.8) is 0 Å². The first kappa shape index (κ1) is 21.7. The van der Waals surface area contributed by atoms with Gasteiger partial charge in [0.05, 0.1) is 30.0 Å². The van der Waals surface area contributed by atoms with E-state index in [0.717, 1.165) is 5.56 Å². The smallest absolute Gasteiger partial charge is 0.311 e. The maximum atomic E-state index is 13.5. The van der Waals surface area contributed by atoms with Gasteiger partial charge < -0.3 is 9.47 Å². The molecule has 6 nitrogen and oxygen atoms in total. The molecule has 3 rings (SSSR count). The number of ether oxygens (including phenoxy) is 2. The summed E-state index contributed by atoms with van der Waals surface area (Å²) in [6, 6.07) is 11.9. The average molecular weight is 448 g/mol. The molecule has 0 saturated carbocycles. The molecule has 2 aromatic carbocycles. The molecule has 3 aromatic rings. The fraction of sp³-hybridized carbons (Fsp3) is 0.190. The molecular weight excluding hydrogens is 429 g/mol. The Bertz CT molecular complexity index is 1020. The Morgan fingerprint density at radius 1 is 1.30 bits per heavy atom. The number of carbonyl (C=O) groups excluding carboxylic acids is 1. The van der Waals surface area contributed by atoms with Crippen molar-refractivity contribution in [1.82, 2.24) is 4.98 Å². The molecule has 1 heterocycles. The van der Waals surface area contributed by atoms with E-state index < -0.39 is 5.82 Å². The summed E-state index contributed by atoms with van der Waals surface area (Å²) in [7, 11) is 0. The zero-order valence-electron chi connectivity index (χ0n) is 16.1. The van der Waals surface area contributed by atoms with Crippen LogP contribution in [0.4, 0.5) is 9.52 Å². The van der Waals surface area contributed by atoms with E-state index in [4.69, 9.17) is 21.1 Å². The monoisotopic (exact) mass is 447 g/mol. The fourth-order valence-corrected chi connectivity index (χ4v) is 3.18. The van der Waals surface area contributed by atoms with Crippen molar-refractivity contribution in [2.75, 3.05) is 12.0 Å². The summed E-state index contributed by atoms with van der Waals surface area (Å²) >= 11 is 7.03. The number of hydrogen-bond donors (Lipinski definition) is 1. The van der Waals surface area contributed by atoms with Gasteiger partial charge in [-0.15, -0.1) is 11.3 Å². The van der Waals surface area contributed by atoms with Crippen LogP contribution in [0, 0.1) is 5.82 Å². The SMILES string of the molecule is CCOC(=O)Cc1csc(NN=Cc2ccc(OCc3ccc(Cl)c(F)c3)cc2)n1. The lowest BCUT2D eigenvalue weighted by Crippen LogP contribution is -2.07. The topological polar surface area (TPSA) is 72.8 Å². The van der Waals surface area contributed by atoms with Crippen molar-refractivity contribution in [3.05, 3.63) is 75.5 Å². The molecule has 0 amide bonds. The second kappa shape index (κ2) is 10.7. The molecule has 0 saturated heterocycles. The number of esters is 1. The summed E-state index contributed by atoms with van der Waals surface area (Å²) in [4.78, 5) is 15.7. The van der Waals surface area contributed by atoms with Crippen LogP contribution in [0.1, 0.15) is 23.7 Å². The minimum Gasteiger partial charge on any atom is -0.489 e. The second-order valence-electron chi connectivity index (χ2n) is 6.10. The van der Waals surface area contributed by atoms with Gasteiger partial charge in [-0.1, -0.05) is 17.7 Å². The van der Waals surface area contributed by atoms with Gasteiger partial charge in [0.15, 0.2) is 0 Å². The van der Waals surface area contributed by atoms with Gasteiger partial charge >= 0.3 is 5.97 Å². The van der Waals surface area contributed by atoms with Crippen LogP contribution in [0.3, 0.4) is 0 Å². The van der Waals surface area contributed by atoms with Gasteiger partial charge in [0.25, 0.3) is 0 Å². The van der Waals surface area contributed by atoms with E-state index >= 15 is 0 Å². The van der Waals surface area contributed by atoms with Gasteiger partial charge in [-0.2, -0.15) is 5.10 Å². The molecule has 0 aliphatic carbocycles. The number of rotatable bonds is 9. The van der Waals surface area contributed by atoms with Gasteiger partial charge in [-0.3, -0.25) is 10.2 Å². The summed E-state index contributed by atoms with van der Waals surface area (Å²) in [5.74, 6) is -0.120. The van der Waals surface area contributed by atoms with Crippen LogP contribution in [0.15, 0.2) is 52.9 Å². The fourth-order valence-electron chi connectivity index (χ4n) is 2.41.